The van der Waals surface area contributed by atoms with E-state index in [4.69, 9.17) is 17.0 Å². The highest BCUT2D eigenvalue weighted by molar-refractivity contribution is 5.93. The molecule has 0 saturated heterocycles. The number of nitrogens with zero attached hydrogens (tertiary/aromatic N) is 4. The molecular formula is C18H16N6O2. The summed E-state index contributed by atoms with van der Waals surface area (Å²) in [6.45, 7) is 9.00. The Morgan fingerprint density at radius 3 is 2.96 bits per heavy atom. The minimum Gasteiger partial charge on any atom is -0.469 e. The van der Waals surface area contributed by atoms with Crippen LogP contribution in [0.3, 0.4) is 0 Å². The molecule has 0 aliphatic rings. The van der Waals surface area contributed by atoms with Crippen LogP contribution in [0.15, 0.2) is 36.8 Å². The van der Waals surface area contributed by atoms with Gasteiger partial charge >= 0.3 is 0 Å². The third-order valence-electron chi connectivity index (χ3n) is 3.56. The van der Waals surface area contributed by atoms with Gasteiger partial charge in [-0.2, -0.15) is 0 Å². The molecule has 0 aliphatic heterocycles. The van der Waals surface area contributed by atoms with Crippen LogP contribution in [0.2, 0.25) is 0 Å². The molecule has 0 saturated carbocycles. The first-order valence-electron chi connectivity index (χ1n) is 7.84. The Morgan fingerprint density at radius 1 is 1.42 bits per heavy atom. The molecule has 3 aromatic heterocycles. The molecule has 3 aromatic rings. The molecule has 0 aliphatic carbocycles. The number of carbonyl (C=O) groups excluding carboxylic acids is 1. The average molecular weight is 348 g/mol. The smallest absolute Gasteiger partial charge is 0.254 e. The van der Waals surface area contributed by atoms with E-state index in [-0.39, 0.29) is 6.04 Å². The Kier molecular flexibility index (Phi) is 4.90. The van der Waals surface area contributed by atoms with E-state index in [1.54, 1.807) is 37.7 Å². The van der Waals surface area contributed by atoms with Gasteiger partial charge in [-0.05, 0) is 12.1 Å². The van der Waals surface area contributed by atoms with E-state index in [1.807, 2.05) is 6.07 Å². The highest BCUT2D eigenvalue weighted by Crippen LogP contribution is 2.22. The number of aromatic nitrogens is 4. The van der Waals surface area contributed by atoms with Gasteiger partial charge in [0.1, 0.15) is 5.52 Å². The van der Waals surface area contributed by atoms with Gasteiger partial charge < -0.3 is 20.3 Å². The molecule has 0 aromatic carbocycles. The lowest BCUT2D eigenvalue weighted by Gasteiger charge is -2.05. The monoisotopic (exact) mass is 348 g/mol. The number of nitrogens with two attached hydrogens (primary N) is 1. The van der Waals surface area contributed by atoms with Crippen molar-refractivity contribution in [1.29, 1.82) is 0 Å². The average Bonchev–Trinajstić information content (AvgIpc) is 3.07. The number of aromatic amines is 1. The van der Waals surface area contributed by atoms with Crippen LogP contribution in [-0.4, -0.2) is 38.5 Å². The number of primary amides is 1. The van der Waals surface area contributed by atoms with Gasteiger partial charge in [-0.15, -0.1) is 0 Å². The number of hydrogen-bond acceptors (Lipinski definition) is 5. The quantitative estimate of drug-likeness (QED) is 0.524. The molecule has 8 heteroatoms. The first-order chi connectivity index (χ1) is 12.6. The summed E-state index contributed by atoms with van der Waals surface area (Å²) in [4.78, 5) is 30.4. The zero-order chi connectivity index (χ0) is 18.5. The standard InChI is InChI=1S/C18H16N6O2/c1-11(20-2)10-26-16-6-4-12(7-21-16)14-9-23-18-17(24-14)13(8-22-18)3-5-15(19)25/h3-9,11H,10H2,1H3,(H2,19,25)(H,22,23)/b5-3+/t11-/m0/s1. The lowest BCUT2D eigenvalue weighted by Crippen LogP contribution is -2.10. The first kappa shape index (κ1) is 17.1. The molecule has 130 valence electrons. The lowest BCUT2D eigenvalue weighted by molar-refractivity contribution is -0.113. The first-order valence-corrected chi connectivity index (χ1v) is 7.84. The maximum absolute atomic E-state index is 10.9. The summed E-state index contributed by atoms with van der Waals surface area (Å²) in [5.74, 6) is -0.0826. The predicted molar refractivity (Wildman–Crippen MR) is 96.9 cm³/mol. The van der Waals surface area contributed by atoms with Crippen molar-refractivity contribution < 1.29 is 9.53 Å². The van der Waals surface area contributed by atoms with Crippen molar-refractivity contribution in [3.8, 4) is 17.1 Å². The van der Waals surface area contributed by atoms with E-state index in [0.29, 0.717) is 34.9 Å². The predicted octanol–water partition coefficient (Wildman–Crippen LogP) is 2.20. The van der Waals surface area contributed by atoms with Gasteiger partial charge in [0.2, 0.25) is 11.8 Å². The molecule has 1 atom stereocenters. The van der Waals surface area contributed by atoms with Crippen LogP contribution in [0.25, 0.3) is 33.3 Å². The van der Waals surface area contributed by atoms with Crippen LogP contribution in [-0.2, 0) is 4.79 Å². The van der Waals surface area contributed by atoms with Gasteiger partial charge in [-0.25, -0.2) is 21.5 Å². The number of hydrogen-bond donors (Lipinski definition) is 2. The van der Waals surface area contributed by atoms with Crippen molar-refractivity contribution in [1.82, 2.24) is 19.9 Å². The van der Waals surface area contributed by atoms with Crippen LogP contribution in [0.1, 0.15) is 12.5 Å². The summed E-state index contributed by atoms with van der Waals surface area (Å²) < 4.78 is 5.46. The van der Waals surface area contributed by atoms with E-state index < -0.39 is 5.91 Å². The normalized spacial score (nSPS) is 12.2. The molecule has 8 nitrogen and oxygen atoms in total. The molecule has 3 N–H and O–H groups in total. The van der Waals surface area contributed by atoms with Crippen LogP contribution < -0.4 is 10.5 Å². The van der Waals surface area contributed by atoms with Gasteiger partial charge in [-0.1, -0.05) is 0 Å². The summed E-state index contributed by atoms with van der Waals surface area (Å²) in [6.07, 6.45) is 7.85. The number of nitrogens with one attached hydrogen (secondary N) is 1. The minimum atomic E-state index is -0.532. The Balaban J connectivity index is 1.85. The van der Waals surface area contributed by atoms with E-state index in [1.165, 1.54) is 6.08 Å². The number of amides is 1. The SMILES string of the molecule is [C-]#[N+][C@@H](C)COc1ccc(-c2cnc3[nH]cc(/C=C/C(N)=O)c3n2)cn1. The molecule has 0 fully saturated rings. The maximum atomic E-state index is 10.9. The minimum absolute atomic E-state index is 0.217. The Labute approximate surface area is 149 Å². The summed E-state index contributed by atoms with van der Waals surface area (Å²) in [6, 6.07) is 3.33. The van der Waals surface area contributed by atoms with E-state index in [2.05, 4.69) is 24.8 Å². The third-order valence-corrected chi connectivity index (χ3v) is 3.56. The highest BCUT2D eigenvalue weighted by atomic mass is 16.5. The van der Waals surface area contributed by atoms with Crippen LogP contribution in [0, 0.1) is 6.57 Å². The van der Waals surface area contributed by atoms with Crippen molar-refractivity contribution in [2.75, 3.05) is 6.61 Å². The van der Waals surface area contributed by atoms with Crippen molar-refractivity contribution >= 4 is 23.1 Å². The fraction of sp³-hybridized carbons (Fsp3) is 0.167. The molecule has 0 bridgehead atoms. The van der Waals surface area contributed by atoms with Crippen molar-refractivity contribution in [2.45, 2.75) is 13.0 Å². The molecule has 3 heterocycles. The molecule has 3 rings (SSSR count). The number of fused-ring (bicyclic) bond motifs is 1. The van der Waals surface area contributed by atoms with Crippen molar-refractivity contribution in [2.24, 2.45) is 5.73 Å². The van der Waals surface area contributed by atoms with Gasteiger partial charge in [0.15, 0.2) is 12.3 Å². The molecule has 0 spiro atoms. The van der Waals surface area contributed by atoms with Gasteiger partial charge in [0.05, 0.1) is 11.9 Å². The fourth-order valence-electron chi connectivity index (χ4n) is 2.21. The van der Waals surface area contributed by atoms with Gasteiger partial charge in [0, 0.05) is 42.6 Å². The summed E-state index contributed by atoms with van der Waals surface area (Å²) >= 11 is 0. The number of pyridine rings is 1. The Bertz CT molecular complexity index is 1000. The second-order valence-corrected chi connectivity index (χ2v) is 5.61. The lowest BCUT2D eigenvalue weighted by atomic mass is 10.2. The van der Waals surface area contributed by atoms with E-state index in [9.17, 15) is 4.79 Å². The fourth-order valence-corrected chi connectivity index (χ4v) is 2.21. The number of rotatable bonds is 6. The number of H-pyrrole nitrogens is 1. The van der Waals surface area contributed by atoms with Crippen molar-refractivity contribution in [3.63, 3.8) is 0 Å². The molecule has 0 radical (unpaired) electrons. The third kappa shape index (κ3) is 3.84. The molecule has 1 amide bonds. The van der Waals surface area contributed by atoms with Crippen LogP contribution >= 0.6 is 0 Å². The van der Waals surface area contributed by atoms with E-state index in [0.717, 1.165) is 5.56 Å². The topological polar surface area (TPSA) is 111 Å². The summed E-state index contributed by atoms with van der Waals surface area (Å²) in [5, 5.41) is 0. The highest BCUT2D eigenvalue weighted by Gasteiger charge is 2.09. The second-order valence-electron chi connectivity index (χ2n) is 5.61. The van der Waals surface area contributed by atoms with Crippen LogP contribution in [0.4, 0.5) is 0 Å². The molecular weight excluding hydrogens is 332 g/mol. The summed E-state index contributed by atoms with van der Waals surface area (Å²) in [5.41, 5.74) is 8.50. The number of carbonyl (C=O) groups is 1. The maximum Gasteiger partial charge on any atom is 0.254 e. The van der Waals surface area contributed by atoms with Gasteiger partial charge in [-0.3, -0.25) is 4.79 Å². The number of ether oxygens (including phenoxy) is 1. The molecule has 0 unspecified atom stereocenters. The van der Waals surface area contributed by atoms with Crippen molar-refractivity contribution in [3.05, 3.63) is 53.8 Å². The zero-order valence-electron chi connectivity index (χ0n) is 14.0. The van der Waals surface area contributed by atoms with Gasteiger partial charge in [0.25, 0.3) is 6.04 Å². The van der Waals surface area contributed by atoms with E-state index >= 15 is 0 Å². The second kappa shape index (κ2) is 7.44. The Hall–Kier alpha value is -3.73. The largest absolute Gasteiger partial charge is 0.469 e. The Morgan fingerprint density at radius 2 is 2.27 bits per heavy atom. The summed E-state index contributed by atoms with van der Waals surface area (Å²) in [7, 11) is 0. The zero-order valence-corrected chi connectivity index (χ0v) is 14.0. The van der Waals surface area contributed by atoms with Crippen LogP contribution in [0.5, 0.6) is 5.88 Å². The molecule has 26 heavy (non-hydrogen) atoms.